The number of aryl methyl sites for hydroxylation is 1. The summed E-state index contributed by atoms with van der Waals surface area (Å²) in [6.07, 6.45) is -8.50. The van der Waals surface area contributed by atoms with Crippen LogP contribution in [0, 0.1) is 6.92 Å². The lowest BCUT2D eigenvalue weighted by molar-refractivity contribution is -0.275. The zero-order valence-electron chi connectivity index (χ0n) is 14.0. The maximum atomic E-state index is 12.5. The summed E-state index contributed by atoms with van der Waals surface area (Å²) in [5.74, 6) is -0.645. The van der Waals surface area contributed by atoms with Gasteiger partial charge < -0.3 is 9.47 Å². The molecule has 3 rings (SSSR count). The standard InChI is InChI=1S/C17H11F6N3O2/c1-10-2-5-13(28-17(21,22)23)8-14(10)26-15(24-9-25-26)11-3-6-12(7-4-11)27-16(18,19)20/h2-9H,1H3. The van der Waals surface area contributed by atoms with Crippen LogP contribution < -0.4 is 9.47 Å². The minimum atomic E-state index is -4.86. The van der Waals surface area contributed by atoms with Crippen LogP contribution in [0.5, 0.6) is 11.5 Å². The predicted octanol–water partition coefficient (Wildman–Crippen LogP) is 5.04. The average Bonchev–Trinajstić information content (AvgIpc) is 3.04. The summed E-state index contributed by atoms with van der Waals surface area (Å²) >= 11 is 0. The Kier molecular flexibility index (Phi) is 4.92. The molecule has 28 heavy (non-hydrogen) atoms. The number of benzene rings is 2. The molecule has 1 heterocycles. The number of aromatic nitrogens is 3. The second-order valence-electron chi connectivity index (χ2n) is 5.56. The third kappa shape index (κ3) is 4.72. The summed E-state index contributed by atoms with van der Waals surface area (Å²) in [6, 6.07) is 8.56. The van der Waals surface area contributed by atoms with Gasteiger partial charge in [0.25, 0.3) is 0 Å². The van der Waals surface area contributed by atoms with Crippen molar-refractivity contribution in [1.29, 1.82) is 0 Å². The van der Waals surface area contributed by atoms with Crippen LogP contribution in [0.4, 0.5) is 26.3 Å². The van der Waals surface area contributed by atoms with Crippen LogP contribution in [0.15, 0.2) is 48.8 Å². The fraction of sp³-hybridized carbons (Fsp3) is 0.176. The zero-order chi connectivity index (χ0) is 20.5. The molecule has 11 heteroatoms. The number of nitrogens with zero attached hydrogens (tertiary/aromatic N) is 3. The molecule has 0 unspecified atom stereocenters. The van der Waals surface area contributed by atoms with Crippen LogP contribution >= 0.6 is 0 Å². The number of halogens is 6. The van der Waals surface area contributed by atoms with Crippen LogP contribution in [0.3, 0.4) is 0 Å². The molecule has 0 aliphatic carbocycles. The zero-order valence-corrected chi connectivity index (χ0v) is 14.0. The molecule has 0 fully saturated rings. The van der Waals surface area contributed by atoms with Crippen molar-refractivity contribution in [2.45, 2.75) is 19.6 Å². The molecular formula is C17H11F6N3O2. The molecule has 0 radical (unpaired) electrons. The van der Waals surface area contributed by atoms with Crippen molar-refractivity contribution in [3.05, 3.63) is 54.4 Å². The van der Waals surface area contributed by atoms with E-state index in [9.17, 15) is 26.3 Å². The van der Waals surface area contributed by atoms with E-state index in [4.69, 9.17) is 0 Å². The van der Waals surface area contributed by atoms with Crippen molar-refractivity contribution in [3.8, 4) is 28.6 Å². The van der Waals surface area contributed by atoms with Crippen molar-refractivity contribution >= 4 is 0 Å². The summed E-state index contributed by atoms with van der Waals surface area (Å²) in [7, 11) is 0. The molecule has 3 aromatic rings. The van der Waals surface area contributed by atoms with E-state index in [1.54, 1.807) is 6.92 Å². The van der Waals surface area contributed by atoms with E-state index < -0.39 is 24.2 Å². The molecule has 0 aliphatic heterocycles. The number of alkyl halides is 6. The van der Waals surface area contributed by atoms with Crippen LogP contribution in [0.25, 0.3) is 17.1 Å². The van der Waals surface area contributed by atoms with Gasteiger partial charge in [-0.2, -0.15) is 5.10 Å². The van der Waals surface area contributed by atoms with E-state index in [0.717, 1.165) is 24.3 Å². The van der Waals surface area contributed by atoms with Gasteiger partial charge in [-0.1, -0.05) is 6.07 Å². The van der Waals surface area contributed by atoms with Crippen molar-refractivity contribution < 1.29 is 35.8 Å². The molecular weight excluding hydrogens is 392 g/mol. The molecule has 0 saturated heterocycles. The van der Waals surface area contributed by atoms with Crippen LogP contribution in [0.1, 0.15) is 5.56 Å². The molecule has 0 aliphatic rings. The first-order valence-electron chi connectivity index (χ1n) is 7.65. The van der Waals surface area contributed by atoms with Gasteiger partial charge >= 0.3 is 12.7 Å². The van der Waals surface area contributed by atoms with Gasteiger partial charge in [-0.25, -0.2) is 9.67 Å². The normalized spacial score (nSPS) is 12.1. The van der Waals surface area contributed by atoms with Gasteiger partial charge in [0.2, 0.25) is 0 Å². The Morgan fingerprint density at radius 1 is 0.821 bits per heavy atom. The first-order valence-corrected chi connectivity index (χ1v) is 7.65. The summed E-state index contributed by atoms with van der Waals surface area (Å²) < 4.78 is 83.2. The average molecular weight is 403 g/mol. The summed E-state index contributed by atoms with van der Waals surface area (Å²) in [5, 5.41) is 4.00. The highest BCUT2D eigenvalue weighted by molar-refractivity contribution is 5.60. The van der Waals surface area contributed by atoms with Crippen molar-refractivity contribution in [2.75, 3.05) is 0 Å². The maximum absolute atomic E-state index is 12.5. The van der Waals surface area contributed by atoms with E-state index in [0.29, 0.717) is 11.1 Å². The smallest absolute Gasteiger partial charge is 0.406 e. The fourth-order valence-electron chi connectivity index (χ4n) is 2.43. The Morgan fingerprint density at radius 2 is 1.39 bits per heavy atom. The Morgan fingerprint density at radius 3 is 2.00 bits per heavy atom. The van der Waals surface area contributed by atoms with E-state index in [-0.39, 0.29) is 11.5 Å². The molecule has 5 nitrogen and oxygen atoms in total. The molecule has 0 N–H and O–H groups in total. The number of hydrogen-bond acceptors (Lipinski definition) is 4. The lowest BCUT2D eigenvalue weighted by atomic mass is 10.1. The van der Waals surface area contributed by atoms with Crippen LogP contribution in [-0.2, 0) is 0 Å². The molecule has 2 aromatic carbocycles. The summed E-state index contributed by atoms with van der Waals surface area (Å²) in [5.41, 5.74) is 1.23. The quantitative estimate of drug-likeness (QED) is 0.573. The molecule has 0 atom stereocenters. The Balaban J connectivity index is 1.95. The van der Waals surface area contributed by atoms with Gasteiger partial charge in [0.05, 0.1) is 5.69 Å². The van der Waals surface area contributed by atoms with Gasteiger partial charge in [-0.05, 0) is 42.8 Å². The van der Waals surface area contributed by atoms with E-state index in [2.05, 4.69) is 19.6 Å². The first kappa shape index (κ1) is 19.5. The monoisotopic (exact) mass is 403 g/mol. The number of rotatable bonds is 4. The molecule has 0 spiro atoms. The second kappa shape index (κ2) is 7.06. The topological polar surface area (TPSA) is 49.2 Å². The third-order valence-corrected chi connectivity index (χ3v) is 3.54. The van der Waals surface area contributed by atoms with E-state index in [1.807, 2.05) is 0 Å². The van der Waals surface area contributed by atoms with Crippen molar-refractivity contribution in [2.24, 2.45) is 0 Å². The lowest BCUT2D eigenvalue weighted by Gasteiger charge is -2.13. The molecule has 0 saturated carbocycles. The van der Waals surface area contributed by atoms with Gasteiger partial charge in [0, 0.05) is 11.6 Å². The minimum absolute atomic E-state index is 0.214. The van der Waals surface area contributed by atoms with Crippen LogP contribution in [0.2, 0.25) is 0 Å². The van der Waals surface area contributed by atoms with Gasteiger partial charge in [0.15, 0.2) is 5.82 Å². The predicted molar refractivity (Wildman–Crippen MR) is 84.9 cm³/mol. The van der Waals surface area contributed by atoms with Gasteiger partial charge in [-0.15, -0.1) is 26.3 Å². The Hall–Kier alpha value is -3.24. The number of ether oxygens (including phenoxy) is 2. The van der Waals surface area contributed by atoms with Crippen LogP contribution in [-0.4, -0.2) is 27.5 Å². The molecule has 0 amide bonds. The SMILES string of the molecule is Cc1ccc(OC(F)(F)F)cc1-n1ncnc1-c1ccc(OC(F)(F)F)cc1. The third-order valence-electron chi connectivity index (χ3n) is 3.54. The van der Waals surface area contributed by atoms with Gasteiger partial charge in [-0.3, -0.25) is 0 Å². The maximum Gasteiger partial charge on any atom is 0.573 e. The highest BCUT2D eigenvalue weighted by Crippen LogP contribution is 2.30. The second-order valence-corrected chi connectivity index (χ2v) is 5.56. The lowest BCUT2D eigenvalue weighted by Crippen LogP contribution is -2.17. The molecule has 0 bridgehead atoms. The van der Waals surface area contributed by atoms with E-state index in [1.165, 1.54) is 29.2 Å². The van der Waals surface area contributed by atoms with Crippen molar-refractivity contribution in [1.82, 2.24) is 14.8 Å². The van der Waals surface area contributed by atoms with Gasteiger partial charge in [0.1, 0.15) is 17.8 Å². The highest BCUT2D eigenvalue weighted by atomic mass is 19.4. The summed E-state index contributed by atoms with van der Waals surface area (Å²) in [6.45, 7) is 1.65. The summed E-state index contributed by atoms with van der Waals surface area (Å²) in [4.78, 5) is 4.04. The highest BCUT2D eigenvalue weighted by Gasteiger charge is 2.32. The fourth-order valence-corrected chi connectivity index (χ4v) is 2.43. The molecule has 1 aromatic heterocycles. The van der Waals surface area contributed by atoms with E-state index >= 15 is 0 Å². The minimum Gasteiger partial charge on any atom is -0.406 e. The Bertz CT molecular complexity index is 964. The molecule has 148 valence electrons. The Labute approximate surface area is 154 Å². The van der Waals surface area contributed by atoms with Crippen molar-refractivity contribution in [3.63, 3.8) is 0 Å². The largest absolute Gasteiger partial charge is 0.573 e. The first-order chi connectivity index (χ1) is 13.0. The number of hydrogen-bond donors (Lipinski definition) is 0.